The van der Waals surface area contributed by atoms with Crippen LogP contribution in [0.3, 0.4) is 0 Å². The third-order valence-corrected chi connectivity index (χ3v) is 1.89. The van der Waals surface area contributed by atoms with Gasteiger partial charge in [0.05, 0.1) is 10.4 Å². The van der Waals surface area contributed by atoms with E-state index in [0.717, 1.165) is 6.07 Å². The molecule has 0 radical (unpaired) electrons. The molecule has 0 amide bonds. The topological polar surface area (TPSA) is 71.8 Å². The van der Waals surface area contributed by atoms with Gasteiger partial charge in [0, 0.05) is 6.07 Å². The number of H-pyrrole nitrogens is 1. The first-order valence-electron chi connectivity index (χ1n) is 3.89. The summed E-state index contributed by atoms with van der Waals surface area (Å²) >= 11 is 0. The summed E-state index contributed by atoms with van der Waals surface area (Å²) in [4.78, 5) is 16.2. The third kappa shape index (κ3) is 1.12. The summed E-state index contributed by atoms with van der Waals surface area (Å²) in [6.07, 6.45) is 0. The van der Waals surface area contributed by atoms with Gasteiger partial charge in [-0.2, -0.15) is 4.39 Å². The molecule has 0 unspecified atom stereocenters. The van der Waals surface area contributed by atoms with Gasteiger partial charge in [-0.15, -0.1) is 0 Å². The molecule has 0 bridgehead atoms. The van der Waals surface area contributed by atoms with E-state index in [0.29, 0.717) is 11.3 Å². The van der Waals surface area contributed by atoms with Gasteiger partial charge >= 0.3 is 5.69 Å². The van der Waals surface area contributed by atoms with Gasteiger partial charge in [0.1, 0.15) is 11.3 Å². The van der Waals surface area contributed by atoms with Crippen molar-refractivity contribution in [2.75, 3.05) is 0 Å². The third-order valence-electron chi connectivity index (χ3n) is 1.89. The average molecular weight is 195 g/mol. The SMILES string of the molecule is Cc1nc2c(F)c([N+](=O)[O-])ccc2[nH]1. The summed E-state index contributed by atoms with van der Waals surface area (Å²) in [5, 5.41) is 10.4. The van der Waals surface area contributed by atoms with Crippen LogP contribution in [0.25, 0.3) is 11.0 Å². The number of imidazole rings is 1. The second kappa shape index (κ2) is 2.76. The minimum atomic E-state index is -0.892. The lowest BCUT2D eigenvalue weighted by atomic mass is 10.2. The molecule has 2 rings (SSSR count). The van der Waals surface area contributed by atoms with Gasteiger partial charge in [0.25, 0.3) is 0 Å². The quantitative estimate of drug-likeness (QED) is 0.558. The van der Waals surface area contributed by atoms with Gasteiger partial charge in [-0.25, -0.2) is 4.98 Å². The lowest BCUT2D eigenvalue weighted by Crippen LogP contribution is -1.92. The Balaban J connectivity index is 2.80. The summed E-state index contributed by atoms with van der Waals surface area (Å²) in [7, 11) is 0. The molecule has 0 spiro atoms. The van der Waals surface area contributed by atoms with Gasteiger partial charge in [-0.3, -0.25) is 10.1 Å². The van der Waals surface area contributed by atoms with Crippen molar-refractivity contribution in [2.45, 2.75) is 6.92 Å². The number of aromatic nitrogens is 2. The molecule has 0 saturated heterocycles. The number of hydrogen-bond acceptors (Lipinski definition) is 3. The fraction of sp³-hybridized carbons (Fsp3) is 0.125. The van der Waals surface area contributed by atoms with Crippen molar-refractivity contribution in [1.82, 2.24) is 9.97 Å². The number of aryl methyl sites for hydroxylation is 1. The van der Waals surface area contributed by atoms with Crippen molar-refractivity contribution >= 4 is 16.7 Å². The molecule has 0 fully saturated rings. The first kappa shape index (κ1) is 8.61. The summed E-state index contributed by atoms with van der Waals surface area (Å²) in [6.45, 7) is 1.66. The number of aromatic amines is 1. The number of rotatable bonds is 1. The Labute approximate surface area is 77.7 Å². The van der Waals surface area contributed by atoms with Crippen LogP contribution in [0.2, 0.25) is 0 Å². The summed E-state index contributed by atoms with van der Waals surface area (Å²) in [5.74, 6) is -0.365. The zero-order valence-electron chi connectivity index (χ0n) is 7.24. The summed E-state index contributed by atoms with van der Waals surface area (Å²) < 4.78 is 13.4. The highest BCUT2D eigenvalue weighted by Crippen LogP contribution is 2.24. The van der Waals surface area contributed by atoms with Crippen molar-refractivity contribution in [3.05, 3.63) is 33.9 Å². The predicted molar refractivity (Wildman–Crippen MR) is 47.4 cm³/mol. The number of benzene rings is 1. The maximum Gasteiger partial charge on any atom is 0.307 e. The Morgan fingerprint density at radius 1 is 1.57 bits per heavy atom. The van der Waals surface area contributed by atoms with Crippen LogP contribution in [-0.4, -0.2) is 14.9 Å². The Morgan fingerprint density at radius 2 is 2.29 bits per heavy atom. The van der Waals surface area contributed by atoms with Crippen LogP contribution in [0.5, 0.6) is 0 Å². The Hall–Kier alpha value is -1.98. The van der Waals surface area contributed by atoms with Crippen LogP contribution in [0.15, 0.2) is 12.1 Å². The van der Waals surface area contributed by atoms with Gasteiger partial charge < -0.3 is 4.98 Å². The molecule has 0 atom stereocenters. The molecule has 1 aromatic heterocycles. The molecule has 1 heterocycles. The van der Waals surface area contributed by atoms with E-state index in [9.17, 15) is 14.5 Å². The van der Waals surface area contributed by atoms with E-state index in [2.05, 4.69) is 9.97 Å². The lowest BCUT2D eigenvalue weighted by Gasteiger charge is -1.93. The summed E-state index contributed by atoms with van der Waals surface area (Å²) in [6, 6.07) is 2.56. The molecule has 0 aliphatic rings. The number of halogens is 1. The second-order valence-electron chi connectivity index (χ2n) is 2.87. The maximum atomic E-state index is 13.4. The standard InChI is InChI=1S/C8H6FN3O2/c1-4-10-5-2-3-6(12(13)14)7(9)8(5)11-4/h2-3H,1H3,(H,10,11). The Morgan fingerprint density at radius 3 is 2.93 bits per heavy atom. The molecule has 0 aliphatic heterocycles. The smallest absolute Gasteiger partial charge is 0.307 e. The highest BCUT2D eigenvalue weighted by atomic mass is 19.1. The molecule has 0 saturated carbocycles. The monoisotopic (exact) mass is 195 g/mol. The molecule has 6 heteroatoms. The molecule has 1 aromatic carbocycles. The van der Waals surface area contributed by atoms with E-state index in [-0.39, 0.29) is 5.52 Å². The zero-order valence-corrected chi connectivity index (χ0v) is 7.24. The number of nitrogens with zero attached hydrogens (tertiary/aromatic N) is 2. The van der Waals surface area contributed by atoms with Crippen molar-refractivity contribution in [2.24, 2.45) is 0 Å². The van der Waals surface area contributed by atoms with Gasteiger partial charge in [-0.1, -0.05) is 0 Å². The normalized spacial score (nSPS) is 10.7. The van der Waals surface area contributed by atoms with Gasteiger partial charge in [0.2, 0.25) is 5.82 Å². The summed E-state index contributed by atoms with van der Waals surface area (Å²) in [5.41, 5.74) is -0.0775. The maximum absolute atomic E-state index is 13.4. The average Bonchev–Trinajstić information content (AvgIpc) is 2.46. The highest BCUT2D eigenvalue weighted by molar-refractivity contribution is 5.78. The molecular weight excluding hydrogens is 189 g/mol. The van der Waals surface area contributed by atoms with Crippen LogP contribution in [0.4, 0.5) is 10.1 Å². The molecule has 1 N–H and O–H groups in total. The fourth-order valence-corrected chi connectivity index (χ4v) is 1.30. The van der Waals surface area contributed by atoms with Gasteiger partial charge in [-0.05, 0) is 13.0 Å². The first-order chi connectivity index (χ1) is 6.59. The molecule has 5 nitrogen and oxygen atoms in total. The minimum Gasteiger partial charge on any atom is -0.342 e. The predicted octanol–water partition coefficient (Wildman–Crippen LogP) is 1.92. The van der Waals surface area contributed by atoms with Crippen molar-refractivity contribution in [3.8, 4) is 0 Å². The van der Waals surface area contributed by atoms with Gasteiger partial charge in [0.15, 0.2) is 0 Å². The van der Waals surface area contributed by atoms with E-state index in [1.54, 1.807) is 6.92 Å². The highest BCUT2D eigenvalue weighted by Gasteiger charge is 2.18. The molecular formula is C8H6FN3O2. The molecule has 14 heavy (non-hydrogen) atoms. The van der Waals surface area contributed by atoms with E-state index < -0.39 is 16.4 Å². The minimum absolute atomic E-state index is 0.0108. The molecule has 0 aliphatic carbocycles. The van der Waals surface area contributed by atoms with E-state index >= 15 is 0 Å². The number of fused-ring (bicyclic) bond motifs is 1. The van der Waals surface area contributed by atoms with E-state index in [1.165, 1.54) is 6.07 Å². The number of nitro benzene ring substituents is 1. The Bertz CT molecular complexity index is 521. The lowest BCUT2D eigenvalue weighted by molar-refractivity contribution is -0.387. The van der Waals surface area contributed by atoms with E-state index in [4.69, 9.17) is 0 Å². The first-order valence-corrected chi connectivity index (χ1v) is 3.89. The largest absolute Gasteiger partial charge is 0.342 e. The fourth-order valence-electron chi connectivity index (χ4n) is 1.30. The van der Waals surface area contributed by atoms with Crippen LogP contribution in [0.1, 0.15) is 5.82 Å². The van der Waals surface area contributed by atoms with Crippen molar-refractivity contribution < 1.29 is 9.31 Å². The van der Waals surface area contributed by atoms with Crippen LogP contribution in [-0.2, 0) is 0 Å². The van der Waals surface area contributed by atoms with Crippen molar-refractivity contribution in [3.63, 3.8) is 0 Å². The Kier molecular flexibility index (Phi) is 1.70. The molecule has 72 valence electrons. The van der Waals surface area contributed by atoms with Crippen molar-refractivity contribution in [1.29, 1.82) is 0 Å². The zero-order chi connectivity index (χ0) is 10.3. The van der Waals surface area contributed by atoms with Crippen LogP contribution < -0.4 is 0 Å². The van der Waals surface area contributed by atoms with Crippen LogP contribution >= 0.6 is 0 Å². The van der Waals surface area contributed by atoms with E-state index in [1.807, 2.05) is 0 Å². The second-order valence-corrected chi connectivity index (χ2v) is 2.87. The van der Waals surface area contributed by atoms with Crippen LogP contribution in [0, 0.1) is 22.9 Å². The number of nitro groups is 1. The number of hydrogen-bond donors (Lipinski definition) is 1. The molecule has 2 aromatic rings. The number of nitrogens with one attached hydrogen (secondary N) is 1.